The van der Waals surface area contributed by atoms with Crippen molar-refractivity contribution >= 4 is 0 Å². The second kappa shape index (κ2) is 9.73. The lowest BCUT2D eigenvalue weighted by molar-refractivity contribution is 0.00784. The predicted octanol–water partition coefficient (Wildman–Crippen LogP) is 1.84. The van der Waals surface area contributed by atoms with Gasteiger partial charge in [-0.2, -0.15) is 0 Å². The summed E-state index contributed by atoms with van der Waals surface area (Å²) in [6, 6.07) is 0. The van der Waals surface area contributed by atoms with E-state index in [1.165, 1.54) is 25.7 Å². The zero-order chi connectivity index (χ0) is 13.1. The van der Waals surface area contributed by atoms with E-state index in [0.29, 0.717) is 5.41 Å². The molecule has 4 nitrogen and oxygen atoms in total. The van der Waals surface area contributed by atoms with Crippen LogP contribution in [0.3, 0.4) is 0 Å². The van der Waals surface area contributed by atoms with Gasteiger partial charge in [-0.1, -0.05) is 6.42 Å². The molecule has 4 heteroatoms. The minimum atomic E-state index is 0.430. The van der Waals surface area contributed by atoms with Gasteiger partial charge in [0, 0.05) is 47.1 Å². The van der Waals surface area contributed by atoms with Gasteiger partial charge in [-0.25, -0.2) is 0 Å². The number of hydrogen-bond donors (Lipinski definition) is 1. The molecule has 108 valence electrons. The maximum absolute atomic E-state index is 5.50. The standard InChI is InChI=1S/C14H29NO3/c1-16-9-4-3-5-14(6-10-18-11-7-14)13-15-8-12-17-2/h15H,3-13H2,1-2H3. The third-order valence-electron chi connectivity index (χ3n) is 3.84. The molecule has 1 aliphatic rings. The molecule has 0 saturated carbocycles. The minimum absolute atomic E-state index is 0.430. The van der Waals surface area contributed by atoms with Crippen LogP contribution >= 0.6 is 0 Å². The number of unbranched alkanes of at least 4 members (excludes halogenated alkanes) is 1. The maximum atomic E-state index is 5.50. The predicted molar refractivity (Wildman–Crippen MR) is 73.0 cm³/mol. The van der Waals surface area contributed by atoms with Crippen molar-refractivity contribution in [2.24, 2.45) is 5.41 Å². The van der Waals surface area contributed by atoms with Gasteiger partial charge >= 0.3 is 0 Å². The summed E-state index contributed by atoms with van der Waals surface area (Å²) in [5.41, 5.74) is 0.430. The fourth-order valence-corrected chi connectivity index (χ4v) is 2.59. The Hall–Kier alpha value is -0.160. The lowest BCUT2D eigenvalue weighted by Gasteiger charge is -2.37. The first-order chi connectivity index (χ1) is 8.83. The van der Waals surface area contributed by atoms with Crippen molar-refractivity contribution in [3.8, 4) is 0 Å². The first kappa shape index (κ1) is 15.9. The first-order valence-corrected chi connectivity index (χ1v) is 7.09. The van der Waals surface area contributed by atoms with Gasteiger partial charge in [0.05, 0.1) is 6.61 Å². The van der Waals surface area contributed by atoms with E-state index in [1.54, 1.807) is 14.2 Å². The van der Waals surface area contributed by atoms with E-state index in [9.17, 15) is 0 Å². The van der Waals surface area contributed by atoms with Crippen LogP contribution < -0.4 is 5.32 Å². The zero-order valence-corrected chi connectivity index (χ0v) is 12.0. The second-order valence-electron chi connectivity index (χ2n) is 5.23. The van der Waals surface area contributed by atoms with Crippen molar-refractivity contribution in [1.82, 2.24) is 5.32 Å². The van der Waals surface area contributed by atoms with E-state index < -0.39 is 0 Å². The van der Waals surface area contributed by atoms with Gasteiger partial charge in [0.15, 0.2) is 0 Å². The van der Waals surface area contributed by atoms with Crippen LogP contribution in [0.2, 0.25) is 0 Å². The number of methoxy groups -OCH3 is 2. The quantitative estimate of drug-likeness (QED) is 0.608. The topological polar surface area (TPSA) is 39.7 Å². The highest BCUT2D eigenvalue weighted by molar-refractivity contribution is 4.84. The van der Waals surface area contributed by atoms with Gasteiger partial charge in [-0.05, 0) is 31.1 Å². The Labute approximate surface area is 111 Å². The monoisotopic (exact) mass is 259 g/mol. The van der Waals surface area contributed by atoms with E-state index in [1.807, 2.05) is 0 Å². The van der Waals surface area contributed by atoms with Gasteiger partial charge in [0.2, 0.25) is 0 Å². The molecule has 1 N–H and O–H groups in total. The molecule has 1 aliphatic heterocycles. The van der Waals surface area contributed by atoms with Crippen LogP contribution in [0.4, 0.5) is 0 Å². The average molecular weight is 259 g/mol. The summed E-state index contributed by atoms with van der Waals surface area (Å²) in [6.45, 7) is 5.52. The van der Waals surface area contributed by atoms with Gasteiger partial charge < -0.3 is 19.5 Å². The molecule has 1 rings (SSSR count). The van der Waals surface area contributed by atoms with Crippen molar-refractivity contribution < 1.29 is 14.2 Å². The highest BCUT2D eigenvalue weighted by atomic mass is 16.5. The van der Waals surface area contributed by atoms with E-state index in [2.05, 4.69) is 5.32 Å². The number of nitrogens with one attached hydrogen (secondary N) is 1. The van der Waals surface area contributed by atoms with Crippen LogP contribution in [0.5, 0.6) is 0 Å². The largest absolute Gasteiger partial charge is 0.385 e. The Morgan fingerprint density at radius 3 is 2.44 bits per heavy atom. The van der Waals surface area contributed by atoms with Crippen molar-refractivity contribution in [2.45, 2.75) is 32.1 Å². The summed E-state index contributed by atoms with van der Waals surface area (Å²) >= 11 is 0. The van der Waals surface area contributed by atoms with E-state index >= 15 is 0 Å². The zero-order valence-electron chi connectivity index (χ0n) is 12.0. The molecule has 0 aromatic carbocycles. The van der Waals surface area contributed by atoms with Crippen molar-refractivity contribution in [1.29, 1.82) is 0 Å². The summed E-state index contributed by atoms with van der Waals surface area (Å²) < 4.78 is 15.7. The molecule has 0 amide bonds. The van der Waals surface area contributed by atoms with E-state index in [4.69, 9.17) is 14.2 Å². The second-order valence-corrected chi connectivity index (χ2v) is 5.23. The summed E-state index contributed by atoms with van der Waals surface area (Å²) in [5, 5.41) is 3.53. The average Bonchev–Trinajstić information content (AvgIpc) is 2.41. The molecular weight excluding hydrogens is 230 g/mol. The van der Waals surface area contributed by atoms with Crippen molar-refractivity contribution in [2.75, 3.05) is 53.7 Å². The Morgan fingerprint density at radius 1 is 1.06 bits per heavy atom. The molecule has 0 bridgehead atoms. The molecule has 0 atom stereocenters. The molecule has 1 fully saturated rings. The van der Waals surface area contributed by atoms with Crippen LogP contribution in [0, 0.1) is 5.41 Å². The molecule has 1 saturated heterocycles. The van der Waals surface area contributed by atoms with E-state index in [-0.39, 0.29) is 0 Å². The Morgan fingerprint density at radius 2 is 1.78 bits per heavy atom. The van der Waals surface area contributed by atoms with Crippen LogP contribution in [-0.2, 0) is 14.2 Å². The summed E-state index contributed by atoms with van der Waals surface area (Å²) in [6.07, 6.45) is 6.05. The third-order valence-corrected chi connectivity index (χ3v) is 3.84. The Balaban J connectivity index is 2.27. The van der Waals surface area contributed by atoms with Crippen LogP contribution in [0.15, 0.2) is 0 Å². The number of hydrogen-bond acceptors (Lipinski definition) is 4. The molecular formula is C14H29NO3. The molecule has 0 radical (unpaired) electrons. The minimum Gasteiger partial charge on any atom is -0.385 e. The Bertz CT molecular complexity index is 179. The smallest absolute Gasteiger partial charge is 0.0587 e. The number of ether oxygens (including phenoxy) is 3. The fourth-order valence-electron chi connectivity index (χ4n) is 2.59. The van der Waals surface area contributed by atoms with E-state index in [0.717, 1.165) is 45.9 Å². The first-order valence-electron chi connectivity index (χ1n) is 7.09. The summed E-state index contributed by atoms with van der Waals surface area (Å²) in [5.74, 6) is 0. The Kier molecular flexibility index (Phi) is 8.59. The van der Waals surface area contributed by atoms with Crippen molar-refractivity contribution in [3.63, 3.8) is 0 Å². The highest BCUT2D eigenvalue weighted by Gasteiger charge is 2.31. The molecule has 18 heavy (non-hydrogen) atoms. The lowest BCUT2D eigenvalue weighted by atomic mass is 9.76. The van der Waals surface area contributed by atoms with Crippen LogP contribution in [0.25, 0.3) is 0 Å². The van der Waals surface area contributed by atoms with Gasteiger partial charge in [-0.3, -0.25) is 0 Å². The maximum Gasteiger partial charge on any atom is 0.0587 e. The summed E-state index contributed by atoms with van der Waals surface area (Å²) in [7, 11) is 3.52. The number of rotatable bonds is 10. The lowest BCUT2D eigenvalue weighted by Crippen LogP contribution is -2.40. The van der Waals surface area contributed by atoms with Gasteiger partial charge in [0.1, 0.15) is 0 Å². The van der Waals surface area contributed by atoms with Gasteiger partial charge in [0.25, 0.3) is 0 Å². The summed E-state index contributed by atoms with van der Waals surface area (Å²) in [4.78, 5) is 0. The molecule has 1 heterocycles. The third kappa shape index (κ3) is 6.14. The normalized spacial score (nSPS) is 19.0. The molecule has 0 aliphatic carbocycles. The molecule has 0 aromatic heterocycles. The molecule has 0 unspecified atom stereocenters. The molecule has 0 spiro atoms. The molecule has 0 aromatic rings. The highest BCUT2D eigenvalue weighted by Crippen LogP contribution is 2.35. The SMILES string of the molecule is COCCCCC1(CNCCOC)CCOCC1. The van der Waals surface area contributed by atoms with Gasteiger partial charge in [-0.15, -0.1) is 0 Å². The van der Waals surface area contributed by atoms with Crippen LogP contribution in [0.1, 0.15) is 32.1 Å². The fraction of sp³-hybridized carbons (Fsp3) is 1.00. The van der Waals surface area contributed by atoms with Crippen molar-refractivity contribution in [3.05, 3.63) is 0 Å². The van der Waals surface area contributed by atoms with Crippen LogP contribution in [-0.4, -0.2) is 53.7 Å².